The third kappa shape index (κ3) is 8.78. The van der Waals surface area contributed by atoms with Gasteiger partial charge in [-0.1, -0.05) is 12.1 Å². The summed E-state index contributed by atoms with van der Waals surface area (Å²) in [6, 6.07) is 5.52. The Balaban J connectivity index is 2.45. The minimum absolute atomic E-state index is 0.424. The van der Waals surface area contributed by atoms with Crippen LogP contribution in [0.4, 0.5) is 45.2 Å². The fraction of sp³-hybridized carbons (Fsp3) is 0.294. The van der Waals surface area contributed by atoms with Crippen LogP contribution >= 0.6 is 0 Å². The van der Waals surface area contributed by atoms with Crippen LogP contribution in [-0.2, 0) is 10.0 Å². The van der Waals surface area contributed by atoms with Crippen molar-refractivity contribution in [1.82, 2.24) is 0 Å². The van der Waals surface area contributed by atoms with Gasteiger partial charge in [-0.3, -0.25) is 4.72 Å². The zero-order chi connectivity index (χ0) is 25.1. The molecule has 0 amide bonds. The van der Waals surface area contributed by atoms with Crippen molar-refractivity contribution < 1.29 is 62.1 Å². The van der Waals surface area contributed by atoms with E-state index in [4.69, 9.17) is 0 Å². The molecule has 6 nitrogen and oxygen atoms in total. The number of hydrogen-bond acceptors (Lipinski definition) is 5. The number of halogens is 9. The molecule has 0 aliphatic carbocycles. The molecule has 0 atom stereocenters. The molecule has 0 saturated carbocycles. The van der Waals surface area contributed by atoms with Crippen LogP contribution in [0.15, 0.2) is 47.4 Å². The lowest BCUT2D eigenvalue weighted by Crippen LogP contribution is -2.22. The topological polar surface area (TPSA) is 73.9 Å². The summed E-state index contributed by atoms with van der Waals surface area (Å²) in [5, 5.41) is 0. The minimum Gasteiger partial charge on any atom is -0.484 e. The molecule has 0 heterocycles. The molecular weight excluding hydrogens is 501 g/mol. The summed E-state index contributed by atoms with van der Waals surface area (Å²) in [7, 11) is -5.02. The van der Waals surface area contributed by atoms with Gasteiger partial charge in [-0.15, -0.1) is 13.2 Å². The lowest BCUT2D eigenvalue weighted by Gasteiger charge is -2.18. The fourth-order valence-corrected chi connectivity index (χ4v) is 3.43. The zero-order valence-electron chi connectivity index (χ0n) is 15.8. The van der Waals surface area contributed by atoms with Gasteiger partial charge in [0.25, 0.3) is 10.0 Å². The number of sulfonamides is 1. The summed E-state index contributed by atoms with van der Waals surface area (Å²) in [5.74, 6) is -2.67. The van der Waals surface area contributed by atoms with Crippen LogP contribution in [0.2, 0.25) is 0 Å². The standard InChI is InChI=1S/C17H12F9NO5S/c18-15(19,20)8-30-10-5-6-13(31-9-16(21,22)23)14(7-10)33(28,29)27-11-3-1-2-4-12(11)32-17(24,25)26/h1-7,27H,8-9H2. The summed E-state index contributed by atoms with van der Waals surface area (Å²) in [4.78, 5) is -1.13. The summed E-state index contributed by atoms with van der Waals surface area (Å²) >= 11 is 0. The van der Waals surface area contributed by atoms with Gasteiger partial charge >= 0.3 is 18.7 Å². The molecule has 0 aromatic heterocycles. The lowest BCUT2D eigenvalue weighted by molar-refractivity contribution is -0.274. The van der Waals surface area contributed by atoms with Crippen molar-refractivity contribution in [3.63, 3.8) is 0 Å². The highest BCUT2D eigenvalue weighted by Gasteiger charge is 2.34. The van der Waals surface area contributed by atoms with Crippen LogP contribution < -0.4 is 18.9 Å². The number of para-hydroxylation sites is 2. The Morgan fingerprint density at radius 2 is 1.33 bits per heavy atom. The van der Waals surface area contributed by atoms with Crippen molar-refractivity contribution >= 4 is 15.7 Å². The largest absolute Gasteiger partial charge is 0.573 e. The first-order chi connectivity index (χ1) is 15.0. The Hall–Kier alpha value is -3.04. The van der Waals surface area contributed by atoms with Crippen molar-refractivity contribution in [2.24, 2.45) is 0 Å². The van der Waals surface area contributed by atoms with Crippen LogP contribution in [0.1, 0.15) is 0 Å². The maximum atomic E-state index is 12.7. The molecule has 0 bridgehead atoms. The van der Waals surface area contributed by atoms with Crippen LogP contribution in [0.25, 0.3) is 0 Å². The third-order valence-corrected chi connectivity index (χ3v) is 4.74. The van der Waals surface area contributed by atoms with Crippen molar-refractivity contribution in [2.45, 2.75) is 23.6 Å². The van der Waals surface area contributed by atoms with E-state index in [0.29, 0.717) is 12.1 Å². The SMILES string of the molecule is O=S(=O)(Nc1ccccc1OC(F)(F)F)c1cc(OCC(F)(F)F)ccc1OCC(F)(F)F. The van der Waals surface area contributed by atoms with Gasteiger partial charge in [0.1, 0.15) is 16.4 Å². The van der Waals surface area contributed by atoms with E-state index in [9.17, 15) is 47.9 Å². The average molecular weight is 513 g/mol. The summed E-state index contributed by atoms with van der Waals surface area (Å²) < 4.78 is 152. The smallest absolute Gasteiger partial charge is 0.484 e. The monoisotopic (exact) mass is 513 g/mol. The molecule has 2 aromatic carbocycles. The molecule has 0 fully saturated rings. The van der Waals surface area contributed by atoms with Gasteiger partial charge in [0.05, 0.1) is 5.69 Å². The van der Waals surface area contributed by atoms with Gasteiger partial charge in [-0.25, -0.2) is 8.42 Å². The molecule has 33 heavy (non-hydrogen) atoms. The minimum atomic E-state index is -5.21. The highest BCUT2D eigenvalue weighted by Crippen LogP contribution is 2.35. The van der Waals surface area contributed by atoms with Crippen LogP contribution in [-0.4, -0.2) is 40.3 Å². The summed E-state index contributed by atoms with van der Waals surface area (Å²) in [6.45, 7) is -3.82. The number of hydrogen-bond donors (Lipinski definition) is 1. The zero-order valence-corrected chi connectivity index (χ0v) is 16.6. The van der Waals surface area contributed by atoms with E-state index in [1.54, 1.807) is 4.72 Å². The van der Waals surface area contributed by atoms with Gasteiger partial charge in [0.2, 0.25) is 0 Å². The highest BCUT2D eigenvalue weighted by molar-refractivity contribution is 7.92. The maximum absolute atomic E-state index is 12.7. The molecule has 0 aliphatic heterocycles. The Labute approximate surface area is 179 Å². The van der Waals surface area contributed by atoms with E-state index in [1.807, 2.05) is 0 Å². The highest BCUT2D eigenvalue weighted by atomic mass is 32.2. The lowest BCUT2D eigenvalue weighted by atomic mass is 10.3. The Morgan fingerprint density at radius 1 is 0.758 bits per heavy atom. The fourth-order valence-electron chi connectivity index (χ4n) is 2.20. The van der Waals surface area contributed by atoms with Gasteiger partial charge < -0.3 is 14.2 Å². The van der Waals surface area contributed by atoms with E-state index in [0.717, 1.165) is 30.3 Å². The predicted octanol–water partition coefficient (Wildman–Crippen LogP) is 5.27. The van der Waals surface area contributed by atoms with Gasteiger partial charge in [0.15, 0.2) is 19.0 Å². The predicted molar refractivity (Wildman–Crippen MR) is 93.5 cm³/mol. The van der Waals surface area contributed by atoms with E-state index < -0.39 is 69.8 Å². The second-order valence-corrected chi connectivity index (χ2v) is 7.72. The first kappa shape index (κ1) is 26.2. The van der Waals surface area contributed by atoms with E-state index in [-0.39, 0.29) is 0 Å². The van der Waals surface area contributed by atoms with Crippen molar-refractivity contribution in [2.75, 3.05) is 17.9 Å². The quantitative estimate of drug-likeness (QED) is 0.487. The summed E-state index contributed by atoms with van der Waals surface area (Å²) in [6.07, 6.45) is -14.9. The first-order valence-electron chi connectivity index (χ1n) is 8.36. The van der Waals surface area contributed by atoms with Crippen molar-refractivity contribution in [1.29, 1.82) is 0 Å². The number of anilines is 1. The summed E-state index contributed by atoms with van der Waals surface area (Å²) in [5.41, 5.74) is -0.766. The van der Waals surface area contributed by atoms with E-state index in [1.165, 1.54) is 0 Å². The Bertz CT molecular complexity index is 1070. The second kappa shape index (κ2) is 9.44. The molecular formula is C17H12F9NO5S. The number of ether oxygens (including phenoxy) is 3. The molecule has 0 aliphatic rings. The third-order valence-electron chi connectivity index (χ3n) is 3.36. The molecule has 16 heteroatoms. The van der Waals surface area contributed by atoms with Gasteiger partial charge in [0, 0.05) is 6.07 Å². The molecule has 1 N–H and O–H groups in total. The first-order valence-corrected chi connectivity index (χ1v) is 9.84. The molecule has 2 aromatic rings. The molecule has 0 unspecified atom stereocenters. The average Bonchev–Trinajstić information content (AvgIpc) is 2.64. The van der Waals surface area contributed by atoms with Gasteiger partial charge in [-0.2, -0.15) is 26.3 Å². The number of rotatable bonds is 8. The number of benzene rings is 2. The molecule has 2 rings (SSSR count). The van der Waals surface area contributed by atoms with Crippen LogP contribution in [0.5, 0.6) is 17.2 Å². The molecule has 0 saturated heterocycles. The second-order valence-electron chi connectivity index (χ2n) is 6.07. The van der Waals surface area contributed by atoms with Crippen molar-refractivity contribution in [3.8, 4) is 17.2 Å². The maximum Gasteiger partial charge on any atom is 0.573 e. The Kier molecular flexibility index (Phi) is 7.50. The molecule has 184 valence electrons. The Morgan fingerprint density at radius 3 is 1.91 bits per heavy atom. The van der Waals surface area contributed by atoms with Gasteiger partial charge in [-0.05, 0) is 24.3 Å². The van der Waals surface area contributed by atoms with Crippen LogP contribution in [0.3, 0.4) is 0 Å². The van der Waals surface area contributed by atoms with Crippen molar-refractivity contribution in [3.05, 3.63) is 42.5 Å². The normalized spacial score (nSPS) is 12.9. The molecule has 0 spiro atoms. The number of alkyl halides is 9. The van der Waals surface area contributed by atoms with Crippen LogP contribution in [0, 0.1) is 0 Å². The van der Waals surface area contributed by atoms with E-state index in [2.05, 4.69) is 14.2 Å². The number of nitrogens with one attached hydrogen (secondary N) is 1. The van der Waals surface area contributed by atoms with E-state index >= 15 is 0 Å². The molecule has 0 radical (unpaired) electrons.